The molecule has 0 radical (unpaired) electrons. The SMILES string of the molecule is CCCCCCCC/C=C/CCCCCCCCCCCC(=O)O[C@H](COC(=O)CCC/C=C/CCCCCCCCCCCCCCCCCCCC)COP(=O)(O)O. The summed E-state index contributed by atoms with van der Waals surface area (Å²) in [6, 6.07) is 0. The second-order valence-corrected chi connectivity index (χ2v) is 18.7. The summed E-state index contributed by atoms with van der Waals surface area (Å²) < 4.78 is 26.5. The molecular formula is C51H97O8P. The van der Waals surface area contributed by atoms with Crippen LogP contribution in [0.4, 0.5) is 0 Å². The van der Waals surface area contributed by atoms with E-state index >= 15 is 0 Å². The van der Waals surface area contributed by atoms with Crippen molar-refractivity contribution in [3.05, 3.63) is 24.3 Å². The van der Waals surface area contributed by atoms with Gasteiger partial charge in [0.05, 0.1) is 6.61 Å². The fourth-order valence-corrected chi connectivity index (χ4v) is 7.97. The fraction of sp³-hybridized carbons (Fsp3) is 0.882. The van der Waals surface area contributed by atoms with E-state index in [-0.39, 0.29) is 19.4 Å². The molecule has 0 aliphatic rings. The van der Waals surface area contributed by atoms with Gasteiger partial charge in [-0.15, -0.1) is 0 Å². The Bertz CT molecular complexity index is 1020. The van der Waals surface area contributed by atoms with Gasteiger partial charge in [-0.25, -0.2) is 4.57 Å². The predicted octanol–water partition coefficient (Wildman–Crippen LogP) is 16.3. The summed E-state index contributed by atoms with van der Waals surface area (Å²) in [7, 11) is -4.76. The highest BCUT2D eigenvalue weighted by Crippen LogP contribution is 2.36. The third-order valence-electron chi connectivity index (χ3n) is 11.4. The van der Waals surface area contributed by atoms with E-state index in [4.69, 9.17) is 19.3 Å². The van der Waals surface area contributed by atoms with E-state index in [1.54, 1.807) is 0 Å². The number of allylic oxidation sites excluding steroid dienone is 4. The minimum atomic E-state index is -4.76. The molecule has 0 saturated carbocycles. The van der Waals surface area contributed by atoms with Gasteiger partial charge in [-0.3, -0.25) is 14.1 Å². The van der Waals surface area contributed by atoms with Gasteiger partial charge in [0.15, 0.2) is 6.10 Å². The second kappa shape index (κ2) is 47.0. The molecule has 0 saturated heterocycles. The number of carbonyl (C=O) groups is 2. The zero-order valence-corrected chi connectivity index (χ0v) is 40.3. The molecule has 0 aliphatic carbocycles. The number of unbranched alkanes of at least 4 members (excludes halogenated alkanes) is 34. The van der Waals surface area contributed by atoms with E-state index in [0.717, 1.165) is 32.1 Å². The molecule has 9 heteroatoms. The van der Waals surface area contributed by atoms with Crippen LogP contribution in [-0.2, 0) is 28.2 Å². The zero-order chi connectivity index (χ0) is 43.9. The second-order valence-electron chi connectivity index (χ2n) is 17.5. The number of phosphoric ester groups is 1. The highest BCUT2D eigenvalue weighted by molar-refractivity contribution is 7.46. The summed E-state index contributed by atoms with van der Waals surface area (Å²) >= 11 is 0. The van der Waals surface area contributed by atoms with Crippen molar-refractivity contribution in [1.82, 2.24) is 0 Å². The van der Waals surface area contributed by atoms with Crippen LogP contribution in [0.5, 0.6) is 0 Å². The standard InChI is InChI=1S/C51H97O8P/c1-3-5-7-9-11-13-15-17-19-21-23-24-25-26-28-29-31-33-35-37-39-41-43-45-50(52)57-47-49(48-58-60(54,55)56)59-51(53)46-44-42-40-38-36-34-32-30-27-22-20-18-16-14-12-10-8-6-4-2/h18,20,37,39,49H,3-17,19,21-36,38,40-48H2,1-2H3,(H2,54,55,56)/b20-18+,39-37+/t49-/m1/s1. The van der Waals surface area contributed by atoms with Crippen molar-refractivity contribution in [1.29, 1.82) is 0 Å². The van der Waals surface area contributed by atoms with Crippen LogP contribution < -0.4 is 0 Å². The van der Waals surface area contributed by atoms with E-state index in [9.17, 15) is 14.2 Å². The lowest BCUT2D eigenvalue weighted by molar-refractivity contribution is -0.161. The zero-order valence-electron chi connectivity index (χ0n) is 39.4. The van der Waals surface area contributed by atoms with Crippen LogP contribution in [0.2, 0.25) is 0 Å². The van der Waals surface area contributed by atoms with Crippen LogP contribution in [0.15, 0.2) is 24.3 Å². The Balaban J connectivity index is 3.81. The Morgan fingerprint density at radius 1 is 0.417 bits per heavy atom. The van der Waals surface area contributed by atoms with Crippen molar-refractivity contribution < 1.29 is 37.9 Å². The van der Waals surface area contributed by atoms with E-state index in [0.29, 0.717) is 12.8 Å². The van der Waals surface area contributed by atoms with Crippen molar-refractivity contribution in [2.75, 3.05) is 13.2 Å². The molecule has 0 bridgehead atoms. The minimum Gasteiger partial charge on any atom is -0.462 e. The molecule has 60 heavy (non-hydrogen) atoms. The first kappa shape index (κ1) is 58.5. The first-order valence-electron chi connectivity index (χ1n) is 25.6. The van der Waals surface area contributed by atoms with Gasteiger partial charge >= 0.3 is 19.8 Å². The van der Waals surface area contributed by atoms with Crippen LogP contribution in [0.1, 0.15) is 271 Å². The third-order valence-corrected chi connectivity index (χ3v) is 11.9. The molecule has 0 heterocycles. The Morgan fingerprint density at radius 3 is 1.07 bits per heavy atom. The number of rotatable bonds is 48. The molecule has 0 aromatic rings. The first-order valence-corrected chi connectivity index (χ1v) is 27.2. The summed E-state index contributed by atoms with van der Waals surface area (Å²) in [5.74, 6) is -0.911. The fourth-order valence-electron chi connectivity index (χ4n) is 7.61. The topological polar surface area (TPSA) is 119 Å². The molecule has 0 fully saturated rings. The maximum Gasteiger partial charge on any atom is 0.469 e. The first-order chi connectivity index (χ1) is 29.3. The predicted molar refractivity (Wildman–Crippen MR) is 253 cm³/mol. The Labute approximate surface area is 370 Å². The molecule has 0 aromatic heterocycles. The highest BCUT2D eigenvalue weighted by Gasteiger charge is 2.23. The molecule has 354 valence electrons. The molecule has 2 N–H and O–H groups in total. The van der Waals surface area contributed by atoms with Gasteiger partial charge in [0, 0.05) is 12.8 Å². The smallest absolute Gasteiger partial charge is 0.462 e. The van der Waals surface area contributed by atoms with E-state index in [1.165, 1.54) is 199 Å². The quantitative estimate of drug-likeness (QED) is 0.0269. The summed E-state index contributed by atoms with van der Waals surface area (Å²) in [6.07, 6.45) is 56.4. The molecular weight excluding hydrogens is 772 g/mol. The van der Waals surface area contributed by atoms with Gasteiger partial charge < -0.3 is 19.3 Å². The normalized spacial score (nSPS) is 12.5. The largest absolute Gasteiger partial charge is 0.469 e. The molecule has 0 amide bonds. The van der Waals surface area contributed by atoms with E-state index in [2.05, 4.69) is 42.7 Å². The van der Waals surface area contributed by atoms with Crippen molar-refractivity contribution >= 4 is 19.8 Å². The summed E-state index contributed by atoms with van der Waals surface area (Å²) in [6.45, 7) is 3.71. The minimum absolute atomic E-state index is 0.207. The van der Waals surface area contributed by atoms with Crippen molar-refractivity contribution in [3.63, 3.8) is 0 Å². The lowest BCUT2D eigenvalue weighted by atomic mass is 10.0. The van der Waals surface area contributed by atoms with Crippen molar-refractivity contribution in [2.24, 2.45) is 0 Å². The summed E-state index contributed by atoms with van der Waals surface area (Å²) in [4.78, 5) is 43.1. The average molecular weight is 869 g/mol. The average Bonchev–Trinajstić information content (AvgIpc) is 3.22. The highest BCUT2D eigenvalue weighted by atomic mass is 31.2. The van der Waals surface area contributed by atoms with Gasteiger partial charge in [-0.05, 0) is 57.8 Å². The van der Waals surface area contributed by atoms with E-state index < -0.39 is 32.5 Å². The van der Waals surface area contributed by atoms with Crippen molar-refractivity contribution in [3.8, 4) is 0 Å². The Hall–Kier alpha value is -1.47. The maximum atomic E-state index is 12.5. The van der Waals surface area contributed by atoms with Gasteiger partial charge in [-0.1, -0.05) is 224 Å². The number of ether oxygens (including phenoxy) is 2. The lowest BCUT2D eigenvalue weighted by Gasteiger charge is -2.18. The molecule has 1 atom stereocenters. The molecule has 0 aliphatic heterocycles. The summed E-state index contributed by atoms with van der Waals surface area (Å²) in [5, 5.41) is 0. The third kappa shape index (κ3) is 49.2. The monoisotopic (exact) mass is 869 g/mol. The molecule has 0 rings (SSSR count). The molecule has 0 aromatic carbocycles. The van der Waals surface area contributed by atoms with E-state index in [1.807, 2.05) is 0 Å². The summed E-state index contributed by atoms with van der Waals surface area (Å²) in [5.41, 5.74) is 0. The van der Waals surface area contributed by atoms with Crippen LogP contribution in [0.3, 0.4) is 0 Å². The molecule has 0 unspecified atom stereocenters. The number of hydrogen-bond donors (Lipinski definition) is 2. The van der Waals surface area contributed by atoms with Crippen LogP contribution in [-0.4, -0.2) is 41.0 Å². The van der Waals surface area contributed by atoms with Crippen LogP contribution in [0.25, 0.3) is 0 Å². The number of esters is 2. The van der Waals surface area contributed by atoms with Crippen LogP contribution >= 0.6 is 7.82 Å². The van der Waals surface area contributed by atoms with Gasteiger partial charge in [-0.2, -0.15) is 0 Å². The lowest BCUT2D eigenvalue weighted by Crippen LogP contribution is -2.29. The number of carbonyl (C=O) groups excluding carboxylic acids is 2. The Morgan fingerprint density at radius 2 is 0.717 bits per heavy atom. The maximum absolute atomic E-state index is 12.5. The van der Waals surface area contributed by atoms with Gasteiger partial charge in [0.25, 0.3) is 0 Å². The molecule has 0 spiro atoms. The molecule has 8 nitrogen and oxygen atoms in total. The number of hydrogen-bond acceptors (Lipinski definition) is 6. The van der Waals surface area contributed by atoms with Gasteiger partial charge in [0.1, 0.15) is 6.61 Å². The number of phosphoric acid groups is 1. The Kier molecular flexibility index (Phi) is 45.9. The van der Waals surface area contributed by atoms with Gasteiger partial charge in [0.2, 0.25) is 0 Å². The van der Waals surface area contributed by atoms with Crippen LogP contribution in [0, 0.1) is 0 Å². The van der Waals surface area contributed by atoms with Crippen molar-refractivity contribution in [2.45, 2.75) is 277 Å².